The van der Waals surface area contributed by atoms with Crippen LogP contribution in [0, 0.1) is 11.8 Å². The fourth-order valence-corrected chi connectivity index (χ4v) is 7.92. The highest BCUT2D eigenvalue weighted by atomic mass is 32.3. The molecule has 78 valence electrons. The van der Waals surface area contributed by atoms with Crippen LogP contribution in [0.5, 0.6) is 0 Å². The van der Waals surface area contributed by atoms with Gasteiger partial charge in [-0.15, -0.1) is 0 Å². The summed E-state index contributed by atoms with van der Waals surface area (Å²) in [4.78, 5) is 0. The Kier molecular flexibility index (Phi) is 1.41. The maximum absolute atomic E-state index is 11.5. The molecule has 0 amide bonds. The standard InChI is InChI=1S/C7H8NO4S2/c9-13(10)6-4-1-2-5(3-4)7(6)14(11,12)8-13/h1-2,4-7H,3H2/q-1. The minimum Gasteiger partial charge on any atom is -0.436 e. The number of nitrogens with zero attached hydrogens (tertiary/aromatic N) is 1. The van der Waals surface area contributed by atoms with Crippen LogP contribution in [0.15, 0.2) is 12.2 Å². The van der Waals surface area contributed by atoms with Crippen LogP contribution < -0.4 is 0 Å². The SMILES string of the molecule is O=S1(=O)[N-]S(=O)(=O)C2C3C=CC(C3)C21. The Balaban J connectivity index is 2.25. The molecule has 3 rings (SSSR count). The monoisotopic (exact) mass is 234 g/mol. The van der Waals surface area contributed by atoms with Gasteiger partial charge in [0.25, 0.3) is 0 Å². The molecule has 0 aromatic heterocycles. The summed E-state index contributed by atoms with van der Waals surface area (Å²) in [5.74, 6) is -0.285. The smallest absolute Gasteiger partial charge is 0.0877 e. The lowest BCUT2D eigenvalue weighted by atomic mass is 10.1. The first-order chi connectivity index (χ1) is 6.42. The predicted octanol–water partition coefficient (Wildman–Crippen LogP) is -0.0236. The van der Waals surface area contributed by atoms with E-state index < -0.39 is 30.5 Å². The third kappa shape index (κ3) is 0.875. The molecule has 2 fully saturated rings. The Morgan fingerprint density at radius 2 is 1.36 bits per heavy atom. The van der Waals surface area contributed by atoms with Gasteiger partial charge in [-0.2, -0.15) is 0 Å². The summed E-state index contributed by atoms with van der Waals surface area (Å²) in [6, 6.07) is 0. The maximum atomic E-state index is 11.5. The second-order valence-electron chi connectivity index (χ2n) is 3.98. The normalized spacial score (nSPS) is 50.9. The molecule has 1 saturated carbocycles. The van der Waals surface area contributed by atoms with Gasteiger partial charge in [0.05, 0.1) is 30.5 Å². The van der Waals surface area contributed by atoms with Gasteiger partial charge in [-0.25, -0.2) is 16.8 Å². The molecule has 1 saturated heterocycles. The van der Waals surface area contributed by atoms with E-state index in [0.717, 1.165) is 0 Å². The molecule has 14 heavy (non-hydrogen) atoms. The van der Waals surface area contributed by atoms with Crippen molar-refractivity contribution in [1.29, 1.82) is 0 Å². The zero-order valence-corrected chi connectivity index (χ0v) is 8.70. The summed E-state index contributed by atoms with van der Waals surface area (Å²) in [5, 5.41) is -1.61. The van der Waals surface area contributed by atoms with Crippen LogP contribution in [-0.2, 0) is 20.0 Å². The van der Waals surface area contributed by atoms with Gasteiger partial charge in [0.2, 0.25) is 0 Å². The van der Waals surface area contributed by atoms with Crippen molar-refractivity contribution in [1.82, 2.24) is 0 Å². The Morgan fingerprint density at radius 1 is 0.929 bits per heavy atom. The Bertz CT molecular complexity index is 472. The molecule has 0 aromatic rings. The number of allylic oxidation sites excluding steroid dienone is 2. The molecule has 0 aromatic carbocycles. The molecule has 3 aliphatic rings. The Labute approximate surface area is 82.3 Å². The predicted molar refractivity (Wildman–Crippen MR) is 49.5 cm³/mol. The van der Waals surface area contributed by atoms with Crippen LogP contribution in [-0.4, -0.2) is 27.3 Å². The summed E-state index contributed by atoms with van der Waals surface area (Å²) in [5.41, 5.74) is 0. The lowest BCUT2D eigenvalue weighted by Crippen LogP contribution is -2.32. The highest BCUT2D eigenvalue weighted by molar-refractivity contribution is 8.16. The maximum Gasteiger partial charge on any atom is 0.0877 e. The fourth-order valence-electron chi connectivity index (χ4n) is 2.76. The first-order valence-corrected chi connectivity index (χ1v) is 7.33. The van der Waals surface area contributed by atoms with Gasteiger partial charge in [-0.1, -0.05) is 12.2 Å². The summed E-state index contributed by atoms with van der Waals surface area (Å²) in [6.45, 7) is 0. The Morgan fingerprint density at radius 3 is 1.79 bits per heavy atom. The second-order valence-corrected chi connectivity index (χ2v) is 7.73. The Hall–Kier alpha value is -0.400. The molecule has 2 aliphatic carbocycles. The highest BCUT2D eigenvalue weighted by Crippen LogP contribution is 2.52. The topological polar surface area (TPSA) is 82.4 Å². The molecule has 0 spiro atoms. The zero-order valence-electron chi connectivity index (χ0n) is 7.07. The van der Waals surface area contributed by atoms with Gasteiger partial charge in [0, 0.05) is 0 Å². The molecule has 4 atom stereocenters. The number of hydrogen-bond donors (Lipinski definition) is 0. The summed E-state index contributed by atoms with van der Waals surface area (Å²) < 4.78 is 48.9. The van der Waals surface area contributed by atoms with Crippen LogP contribution in [0.3, 0.4) is 0 Å². The van der Waals surface area contributed by atoms with E-state index in [2.05, 4.69) is 4.13 Å². The molecule has 1 heterocycles. The third-order valence-electron chi connectivity index (χ3n) is 3.21. The molecular formula is C7H8NO4S2-. The van der Waals surface area contributed by atoms with Gasteiger partial charge in [0.1, 0.15) is 0 Å². The molecular weight excluding hydrogens is 226 g/mol. The van der Waals surface area contributed by atoms with E-state index in [1.165, 1.54) is 0 Å². The minimum atomic E-state index is -3.78. The second kappa shape index (κ2) is 2.23. The van der Waals surface area contributed by atoms with Gasteiger partial charge in [-0.3, -0.25) is 0 Å². The van der Waals surface area contributed by atoms with Crippen molar-refractivity contribution >= 4 is 20.0 Å². The largest absolute Gasteiger partial charge is 0.436 e. The number of fused-ring (bicyclic) bond motifs is 5. The number of rotatable bonds is 0. The molecule has 1 aliphatic heterocycles. The zero-order chi connectivity index (χ0) is 10.1. The van der Waals surface area contributed by atoms with Crippen molar-refractivity contribution in [2.24, 2.45) is 11.8 Å². The molecule has 0 N–H and O–H groups in total. The van der Waals surface area contributed by atoms with Crippen molar-refractivity contribution in [2.45, 2.75) is 16.9 Å². The van der Waals surface area contributed by atoms with Crippen molar-refractivity contribution in [3.63, 3.8) is 0 Å². The minimum absolute atomic E-state index is 0.143. The van der Waals surface area contributed by atoms with Crippen LogP contribution >= 0.6 is 0 Å². The van der Waals surface area contributed by atoms with E-state index in [1.54, 1.807) is 12.2 Å². The third-order valence-corrected chi connectivity index (χ3v) is 7.71. The van der Waals surface area contributed by atoms with Gasteiger partial charge < -0.3 is 4.13 Å². The summed E-state index contributed by atoms with van der Waals surface area (Å²) >= 11 is 0. The van der Waals surface area contributed by atoms with E-state index in [4.69, 9.17) is 0 Å². The van der Waals surface area contributed by atoms with Crippen LogP contribution in [0.25, 0.3) is 4.13 Å². The molecule has 7 heteroatoms. The van der Waals surface area contributed by atoms with Crippen molar-refractivity contribution in [3.05, 3.63) is 16.3 Å². The average Bonchev–Trinajstić information content (AvgIpc) is 2.61. The van der Waals surface area contributed by atoms with Crippen molar-refractivity contribution in [3.8, 4) is 0 Å². The van der Waals surface area contributed by atoms with E-state index in [9.17, 15) is 16.8 Å². The fraction of sp³-hybridized carbons (Fsp3) is 0.714. The van der Waals surface area contributed by atoms with E-state index in [0.29, 0.717) is 6.42 Å². The average molecular weight is 234 g/mol. The first kappa shape index (κ1) is 8.87. The lowest BCUT2D eigenvalue weighted by molar-refractivity contribution is 0.563. The van der Waals surface area contributed by atoms with E-state index in [-0.39, 0.29) is 11.8 Å². The van der Waals surface area contributed by atoms with Crippen LogP contribution in [0.1, 0.15) is 6.42 Å². The summed E-state index contributed by atoms with van der Waals surface area (Å²) in [6.07, 6.45) is 4.25. The molecule has 2 bridgehead atoms. The molecule has 5 nitrogen and oxygen atoms in total. The number of hydrogen-bond acceptors (Lipinski definition) is 4. The lowest BCUT2D eigenvalue weighted by Gasteiger charge is -2.18. The van der Waals surface area contributed by atoms with Crippen molar-refractivity contribution in [2.75, 3.05) is 0 Å². The summed E-state index contributed by atoms with van der Waals surface area (Å²) in [7, 11) is -7.55. The van der Waals surface area contributed by atoms with E-state index in [1.807, 2.05) is 0 Å². The quantitative estimate of drug-likeness (QED) is 0.551. The molecule has 4 unspecified atom stereocenters. The van der Waals surface area contributed by atoms with Crippen LogP contribution in [0.4, 0.5) is 0 Å². The van der Waals surface area contributed by atoms with Gasteiger partial charge in [-0.05, 0) is 18.3 Å². The van der Waals surface area contributed by atoms with E-state index >= 15 is 0 Å². The highest BCUT2D eigenvalue weighted by Gasteiger charge is 2.56. The van der Waals surface area contributed by atoms with Gasteiger partial charge in [0.15, 0.2) is 0 Å². The number of sulfonamides is 2. The van der Waals surface area contributed by atoms with Gasteiger partial charge >= 0.3 is 0 Å². The van der Waals surface area contributed by atoms with Crippen LogP contribution in [0.2, 0.25) is 0 Å². The molecule has 0 radical (unpaired) electrons. The van der Waals surface area contributed by atoms with Crippen molar-refractivity contribution < 1.29 is 16.8 Å². The first-order valence-electron chi connectivity index (χ1n) is 4.32.